The summed E-state index contributed by atoms with van der Waals surface area (Å²) in [6.07, 6.45) is -6.54. The van der Waals surface area contributed by atoms with Crippen molar-refractivity contribution < 1.29 is 58.3 Å². The van der Waals surface area contributed by atoms with Gasteiger partial charge in [-0.25, -0.2) is 0 Å². The second-order valence-corrected chi connectivity index (χ2v) is 8.79. The minimum atomic E-state index is -1.48. The number of aliphatic hydroxyl groups excluding tert-OH is 4. The third-order valence-corrected chi connectivity index (χ3v) is 5.60. The predicted molar refractivity (Wildman–Crippen MR) is 147 cm³/mol. The van der Waals surface area contributed by atoms with Crippen LogP contribution in [0, 0.1) is 0 Å². The van der Waals surface area contributed by atoms with Gasteiger partial charge in [0.1, 0.15) is 24.4 Å². The standard InChI is InChI=1S/C23H45N5O12S/c24-28-27-3-5-34-8-10-36-12-14-38-16-15-37-13-11-35-9-7-33-4-1-25-23(41)26-2-6-39-22-21(32)20(31)19(30)18(17-29)40-22/h18-22,29-32H,1-17H2,(H2,25,26,41)/t18-,19-,20+,21+,22+/m1/s1. The van der Waals surface area contributed by atoms with Crippen LogP contribution in [0.15, 0.2) is 5.11 Å². The smallest absolute Gasteiger partial charge is 0.186 e. The van der Waals surface area contributed by atoms with Crippen LogP contribution in [0.3, 0.4) is 0 Å². The van der Waals surface area contributed by atoms with E-state index in [1.54, 1.807) is 0 Å². The molecule has 0 radical (unpaired) electrons. The first-order valence-corrected chi connectivity index (χ1v) is 13.8. The lowest BCUT2D eigenvalue weighted by atomic mass is 9.99. The zero-order chi connectivity index (χ0) is 30.0. The monoisotopic (exact) mass is 615 g/mol. The first kappa shape index (κ1) is 37.5. The maximum atomic E-state index is 9.92. The van der Waals surface area contributed by atoms with E-state index in [2.05, 4.69) is 20.7 Å². The van der Waals surface area contributed by atoms with Gasteiger partial charge in [-0.3, -0.25) is 0 Å². The topological polar surface area (TPSA) is 228 Å². The number of aliphatic hydroxyl groups is 4. The van der Waals surface area contributed by atoms with Crippen LogP contribution in [0.1, 0.15) is 0 Å². The SMILES string of the molecule is [N-]=[N+]=NCCOCCOCCOCCOCCOCCOCCNC(=S)NCCO[C@H]1O[C@H](CO)[C@@H](O)[C@H](O)[C@@H]1O. The highest BCUT2D eigenvalue weighted by Gasteiger charge is 2.43. The molecule has 17 nitrogen and oxygen atoms in total. The largest absolute Gasteiger partial charge is 0.394 e. The van der Waals surface area contributed by atoms with Crippen molar-refractivity contribution in [2.75, 3.05) is 112 Å². The van der Waals surface area contributed by atoms with Crippen LogP contribution in [0.5, 0.6) is 0 Å². The number of hydrogen-bond acceptors (Lipinski definition) is 14. The summed E-state index contributed by atoms with van der Waals surface area (Å²) in [5.41, 5.74) is 8.12. The fourth-order valence-corrected chi connectivity index (χ4v) is 3.40. The lowest BCUT2D eigenvalue weighted by molar-refractivity contribution is -0.300. The first-order chi connectivity index (χ1) is 20.0. The zero-order valence-electron chi connectivity index (χ0n) is 23.2. The third-order valence-electron chi connectivity index (χ3n) is 5.31. The molecule has 0 unspecified atom stereocenters. The van der Waals surface area contributed by atoms with E-state index in [-0.39, 0.29) is 6.61 Å². The Morgan fingerprint density at radius 3 is 1.66 bits per heavy atom. The molecule has 18 heteroatoms. The Morgan fingerprint density at radius 1 is 0.707 bits per heavy atom. The number of thiocarbonyl (C=S) groups is 1. The zero-order valence-corrected chi connectivity index (χ0v) is 24.0. The van der Waals surface area contributed by atoms with E-state index >= 15 is 0 Å². The molecular formula is C23H45N5O12S. The summed E-state index contributed by atoms with van der Waals surface area (Å²) in [5.74, 6) is 0. The van der Waals surface area contributed by atoms with E-state index in [4.69, 9.17) is 55.6 Å². The van der Waals surface area contributed by atoms with Gasteiger partial charge in [0.25, 0.3) is 0 Å². The van der Waals surface area contributed by atoms with E-state index < -0.39 is 37.3 Å². The number of nitrogens with one attached hydrogen (secondary N) is 2. The second kappa shape index (κ2) is 26.2. The highest BCUT2D eigenvalue weighted by atomic mass is 32.1. The Labute approximate surface area is 244 Å². The van der Waals surface area contributed by atoms with Gasteiger partial charge in [0.05, 0.1) is 92.5 Å². The molecule has 0 aromatic heterocycles. The maximum absolute atomic E-state index is 9.92. The molecule has 0 aliphatic carbocycles. The molecule has 1 fully saturated rings. The van der Waals surface area contributed by atoms with E-state index in [0.29, 0.717) is 104 Å². The van der Waals surface area contributed by atoms with Gasteiger partial charge in [0, 0.05) is 24.5 Å². The average Bonchev–Trinajstić information content (AvgIpc) is 2.97. The molecule has 41 heavy (non-hydrogen) atoms. The Balaban J connectivity index is 1.80. The lowest BCUT2D eigenvalue weighted by Crippen LogP contribution is -2.59. The molecule has 240 valence electrons. The van der Waals surface area contributed by atoms with Crippen LogP contribution in [-0.4, -0.2) is 168 Å². The number of ether oxygens (including phenoxy) is 8. The van der Waals surface area contributed by atoms with Crippen molar-refractivity contribution in [3.63, 3.8) is 0 Å². The first-order valence-electron chi connectivity index (χ1n) is 13.4. The molecule has 1 heterocycles. The molecule has 0 aromatic carbocycles. The third kappa shape index (κ3) is 19.4. The van der Waals surface area contributed by atoms with Gasteiger partial charge in [-0.15, -0.1) is 0 Å². The predicted octanol–water partition coefficient (Wildman–Crippen LogP) is -2.32. The maximum Gasteiger partial charge on any atom is 0.186 e. The summed E-state index contributed by atoms with van der Waals surface area (Å²) in [5, 5.41) is 48.3. The Kier molecular flexibility index (Phi) is 24.0. The average molecular weight is 616 g/mol. The Morgan fingerprint density at radius 2 is 1.17 bits per heavy atom. The van der Waals surface area contributed by atoms with Crippen molar-refractivity contribution >= 4 is 17.3 Å². The van der Waals surface area contributed by atoms with Crippen molar-refractivity contribution in [2.24, 2.45) is 5.11 Å². The summed E-state index contributed by atoms with van der Waals surface area (Å²) in [4.78, 5) is 2.63. The minimum Gasteiger partial charge on any atom is -0.394 e. The summed E-state index contributed by atoms with van der Waals surface area (Å²) in [6.45, 7) is 5.99. The van der Waals surface area contributed by atoms with Crippen molar-refractivity contribution in [3.05, 3.63) is 10.4 Å². The van der Waals surface area contributed by atoms with Crippen LogP contribution in [-0.2, 0) is 37.9 Å². The normalized spacial score (nSPS) is 22.3. The lowest BCUT2D eigenvalue weighted by Gasteiger charge is -2.39. The van der Waals surface area contributed by atoms with Crippen LogP contribution in [0.4, 0.5) is 0 Å². The van der Waals surface area contributed by atoms with Gasteiger partial charge in [0.2, 0.25) is 0 Å². The molecule has 1 saturated heterocycles. The molecule has 1 aliphatic rings. The van der Waals surface area contributed by atoms with Crippen LogP contribution in [0.2, 0.25) is 0 Å². The molecule has 0 saturated carbocycles. The number of azide groups is 1. The van der Waals surface area contributed by atoms with E-state index in [1.165, 1.54) is 0 Å². The van der Waals surface area contributed by atoms with Crippen molar-refractivity contribution in [1.82, 2.24) is 10.6 Å². The fourth-order valence-electron chi connectivity index (χ4n) is 3.20. The molecule has 6 N–H and O–H groups in total. The molecule has 1 aliphatic heterocycles. The number of hydrogen-bond donors (Lipinski definition) is 6. The van der Waals surface area contributed by atoms with E-state index in [0.717, 1.165) is 0 Å². The Bertz CT molecular complexity index is 695. The molecule has 1 rings (SSSR count). The molecule has 5 atom stereocenters. The van der Waals surface area contributed by atoms with Crippen LogP contribution >= 0.6 is 12.2 Å². The minimum absolute atomic E-state index is 0.101. The number of nitrogens with zero attached hydrogens (tertiary/aromatic N) is 3. The van der Waals surface area contributed by atoms with Gasteiger partial charge in [-0.05, 0) is 17.7 Å². The quantitative estimate of drug-likeness (QED) is 0.0197. The van der Waals surface area contributed by atoms with Crippen molar-refractivity contribution in [1.29, 1.82) is 0 Å². The summed E-state index contributed by atoms with van der Waals surface area (Å²) in [6, 6.07) is 0. The van der Waals surface area contributed by atoms with Gasteiger partial charge in [0.15, 0.2) is 11.4 Å². The molecule has 0 amide bonds. The highest BCUT2D eigenvalue weighted by molar-refractivity contribution is 7.80. The molecule has 0 bridgehead atoms. The van der Waals surface area contributed by atoms with Crippen LogP contribution < -0.4 is 10.6 Å². The summed E-state index contributed by atoms with van der Waals surface area (Å²) in [7, 11) is 0. The van der Waals surface area contributed by atoms with Crippen LogP contribution in [0.25, 0.3) is 10.4 Å². The second-order valence-electron chi connectivity index (χ2n) is 8.38. The highest BCUT2D eigenvalue weighted by Crippen LogP contribution is 2.21. The van der Waals surface area contributed by atoms with Crippen molar-refractivity contribution in [3.8, 4) is 0 Å². The van der Waals surface area contributed by atoms with E-state index in [9.17, 15) is 20.4 Å². The molecule has 0 spiro atoms. The van der Waals surface area contributed by atoms with Gasteiger partial charge >= 0.3 is 0 Å². The molecule has 0 aromatic rings. The summed E-state index contributed by atoms with van der Waals surface area (Å²) >= 11 is 5.16. The van der Waals surface area contributed by atoms with Crippen molar-refractivity contribution in [2.45, 2.75) is 30.7 Å². The Hall–Kier alpha value is -1.48. The molecular weight excluding hydrogens is 570 g/mol. The van der Waals surface area contributed by atoms with Gasteiger partial charge in [-0.1, -0.05) is 5.11 Å². The van der Waals surface area contributed by atoms with Gasteiger partial charge < -0.3 is 69.0 Å². The van der Waals surface area contributed by atoms with Gasteiger partial charge in [-0.2, -0.15) is 0 Å². The fraction of sp³-hybridized carbons (Fsp3) is 0.957. The number of rotatable bonds is 26. The van der Waals surface area contributed by atoms with E-state index in [1.807, 2.05) is 0 Å². The summed E-state index contributed by atoms with van der Waals surface area (Å²) < 4.78 is 42.9.